The summed E-state index contributed by atoms with van der Waals surface area (Å²) < 4.78 is 30.4. The molecule has 1 rings (SSSR count). The maximum atomic E-state index is 13.2. The highest BCUT2D eigenvalue weighted by Crippen LogP contribution is 2.11. The summed E-state index contributed by atoms with van der Waals surface area (Å²) in [5.41, 5.74) is -0.915. The van der Waals surface area contributed by atoms with Crippen molar-refractivity contribution in [2.75, 3.05) is 6.61 Å². The monoisotopic (exact) mass is 229 g/mol. The molecule has 0 fully saturated rings. The minimum Gasteiger partial charge on any atom is -0.461 e. The molecule has 0 spiro atoms. The second kappa shape index (κ2) is 5.20. The standard InChI is InChI=1S/C10H9F2NO3/c1-2-16-10(14)9(13-15)7-4-3-6(11)5-8(7)12/h3-5,15H,2H2,1H3/b13-9-. The molecular weight excluding hydrogens is 220 g/mol. The van der Waals surface area contributed by atoms with E-state index in [-0.39, 0.29) is 12.2 Å². The summed E-state index contributed by atoms with van der Waals surface area (Å²) in [5.74, 6) is -2.77. The van der Waals surface area contributed by atoms with Gasteiger partial charge in [-0.25, -0.2) is 13.6 Å². The minimum absolute atomic E-state index is 0.0562. The molecule has 4 nitrogen and oxygen atoms in total. The first kappa shape index (κ1) is 12.1. The van der Waals surface area contributed by atoms with Crippen LogP contribution in [0.15, 0.2) is 23.4 Å². The predicted octanol–water partition coefficient (Wildman–Crippen LogP) is 1.71. The zero-order chi connectivity index (χ0) is 12.1. The van der Waals surface area contributed by atoms with Crippen LogP contribution in [0.4, 0.5) is 8.78 Å². The molecule has 16 heavy (non-hydrogen) atoms. The number of ether oxygens (including phenoxy) is 1. The fraction of sp³-hybridized carbons (Fsp3) is 0.200. The van der Waals surface area contributed by atoms with Crippen molar-refractivity contribution in [3.8, 4) is 0 Å². The SMILES string of the molecule is CCOC(=O)/C(=N\O)c1ccc(F)cc1F. The van der Waals surface area contributed by atoms with Gasteiger partial charge in [0.2, 0.25) is 0 Å². The Morgan fingerprint density at radius 2 is 2.19 bits per heavy atom. The maximum Gasteiger partial charge on any atom is 0.361 e. The van der Waals surface area contributed by atoms with Gasteiger partial charge in [-0.1, -0.05) is 5.16 Å². The van der Waals surface area contributed by atoms with Gasteiger partial charge in [-0.15, -0.1) is 0 Å². The van der Waals surface area contributed by atoms with Crippen LogP contribution in [0.5, 0.6) is 0 Å². The van der Waals surface area contributed by atoms with Crippen LogP contribution in [-0.2, 0) is 9.53 Å². The van der Waals surface area contributed by atoms with E-state index in [0.29, 0.717) is 6.07 Å². The van der Waals surface area contributed by atoms with Crippen LogP contribution >= 0.6 is 0 Å². The third-order valence-corrected chi connectivity index (χ3v) is 1.76. The summed E-state index contributed by atoms with van der Waals surface area (Å²) in [6, 6.07) is 2.53. The van der Waals surface area contributed by atoms with Crippen LogP contribution in [0.25, 0.3) is 0 Å². The average molecular weight is 229 g/mol. The van der Waals surface area contributed by atoms with E-state index in [2.05, 4.69) is 9.89 Å². The molecule has 0 radical (unpaired) electrons. The fourth-order valence-corrected chi connectivity index (χ4v) is 1.09. The highest BCUT2D eigenvalue weighted by atomic mass is 19.1. The van der Waals surface area contributed by atoms with Crippen LogP contribution < -0.4 is 0 Å². The zero-order valence-corrected chi connectivity index (χ0v) is 8.41. The van der Waals surface area contributed by atoms with E-state index in [1.807, 2.05) is 0 Å². The maximum absolute atomic E-state index is 13.2. The number of benzene rings is 1. The number of oxime groups is 1. The lowest BCUT2D eigenvalue weighted by Crippen LogP contribution is -2.20. The van der Waals surface area contributed by atoms with Gasteiger partial charge in [0.15, 0.2) is 5.71 Å². The normalized spacial score (nSPS) is 11.3. The Kier molecular flexibility index (Phi) is 3.93. The molecule has 0 atom stereocenters. The van der Waals surface area contributed by atoms with Crippen LogP contribution in [0.2, 0.25) is 0 Å². The first-order valence-electron chi connectivity index (χ1n) is 4.44. The van der Waals surface area contributed by atoms with Gasteiger partial charge in [-0.3, -0.25) is 0 Å². The Hall–Kier alpha value is -1.98. The molecule has 0 heterocycles. The lowest BCUT2D eigenvalue weighted by Gasteiger charge is -2.05. The number of hydrogen-bond acceptors (Lipinski definition) is 4. The lowest BCUT2D eigenvalue weighted by atomic mass is 10.1. The molecule has 0 amide bonds. The average Bonchev–Trinajstić information content (AvgIpc) is 2.22. The molecule has 86 valence electrons. The molecule has 1 aromatic carbocycles. The van der Waals surface area contributed by atoms with Crippen LogP contribution in [0.1, 0.15) is 12.5 Å². The highest BCUT2D eigenvalue weighted by Gasteiger charge is 2.20. The van der Waals surface area contributed by atoms with Crippen molar-refractivity contribution in [2.24, 2.45) is 5.16 Å². The molecule has 1 aromatic rings. The third kappa shape index (κ3) is 2.53. The van der Waals surface area contributed by atoms with Crippen molar-refractivity contribution in [1.82, 2.24) is 0 Å². The number of nitrogens with zero attached hydrogens (tertiary/aromatic N) is 1. The quantitative estimate of drug-likeness (QED) is 0.371. The Labute approximate surface area is 90.1 Å². The second-order valence-electron chi connectivity index (χ2n) is 2.79. The van der Waals surface area contributed by atoms with E-state index in [1.165, 1.54) is 0 Å². The number of rotatable bonds is 3. The minimum atomic E-state index is -0.999. The third-order valence-electron chi connectivity index (χ3n) is 1.76. The highest BCUT2D eigenvalue weighted by molar-refractivity contribution is 6.43. The van der Waals surface area contributed by atoms with Gasteiger partial charge in [0.1, 0.15) is 11.6 Å². The molecule has 0 saturated heterocycles. The number of hydrogen-bond donors (Lipinski definition) is 1. The predicted molar refractivity (Wildman–Crippen MR) is 51.3 cm³/mol. The molecule has 6 heteroatoms. The van der Waals surface area contributed by atoms with Crippen LogP contribution in [0.3, 0.4) is 0 Å². The Balaban J connectivity index is 3.10. The van der Waals surface area contributed by atoms with Crippen molar-refractivity contribution in [1.29, 1.82) is 0 Å². The topological polar surface area (TPSA) is 58.9 Å². The Morgan fingerprint density at radius 3 is 2.69 bits per heavy atom. The summed E-state index contributed by atoms with van der Waals surface area (Å²) in [5, 5.41) is 11.2. The molecule has 0 aliphatic rings. The van der Waals surface area contributed by atoms with Crippen LogP contribution in [0, 0.1) is 11.6 Å². The largest absolute Gasteiger partial charge is 0.461 e. The van der Waals surface area contributed by atoms with E-state index >= 15 is 0 Å². The van der Waals surface area contributed by atoms with Gasteiger partial charge >= 0.3 is 5.97 Å². The number of esters is 1. The summed E-state index contributed by atoms with van der Waals surface area (Å²) in [7, 11) is 0. The Bertz CT molecular complexity index is 432. The summed E-state index contributed by atoms with van der Waals surface area (Å²) in [4.78, 5) is 11.2. The van der Waals surface area contributed by atoms with Crippen molar-refractivity contribution in [3.63, 3.8) is 0 Å². The smallest absolute Gasteiger partial charge is 0.361 e. The molecule has 0 saturated carbocycles. The van der Waals surface area contributed by atoms with Gasteiger partial charge in [0.05, 0.1) is 6.61 Å². The molecule has 0 aromatic heterocycles. The van der Waals surface area contributed by atoms with E-state index in [9.17, 15) is 13.6 Å². The first-order valence-corrected chi connectivity index (χ1v) is 4.44. The van der Waals surface area contributed by atoms with Gasteiger partial charge in [0.25, 0.3) is 0 Å². The van der Waals surface area contributed by atoms with Crippen molar-refractivity contribution >= 4 is 11.7 Å². The molecule has 0 unspecified atom stereocenters. The van der Waals surface area contributed by atoms with Crippen molar-refractivity contribution in [3.05, 3.63) is 35.4 Å². The lowest BCUT2D eigenvalue weighted by molar-refractivity contribution is -0.135. The number of carbonyl (C=O) groups is 1. The summed E-state index contributed by atoms with van der Waals surface area (Å²) >= 11 is 0. The summed E-state index contributed by atoms with van der Waals surface area (Å²) in [6.45, 7) is 1.61. The zero-order valence-electron chi connectivity index (χ0n) is 8.41. The van der Waals surface area contributed by atoms with Gasteiger partial charge < -0.3 is 9.94 Å². The molecule has 1 N–H and O–H groups in total. The fourth-order valence-electron chi connectivity index (χ4n) is 1.09. The van der Waals surface area contributed by atoms with E-state index in [4.69, 9.17) is 5.21 Å². The van der Waals surface area contributed by atoms with Gasteiger partial charge in [-0.2, -0.15) is 0 Å². The van der Waals surface area contributed by atoms with Gasteiger partial charge in [-0.05, 0) is 19.1 Å². The van der Waals surface area contributed by atoms with E-state index < -0.39 is 23.3 Å². The Morgan fingerprint density at radius 1 is 1.50 bits per heavy atom. The number of carbonyl (C=O) groups excluding carboxylic acids is 1. The molecule has 0 aliphatic heterocycles. The first-order chi connectivity index (χ1) is 7.60. The molecular formula is C10H9F2NO3. The van der Waals surface area contributed by atoms with E-state index in [1.54, 1.807) is 6.92 Å². The van der Waals surface area contributed by atoms with Crippen molar-refractivity contribution < 1.29 is 23.5 Å². The van der Waals surface area contributed by atoms with Crippen LogP contribution in [-0.4, -0.2) is 23.5 Å². The van der Waals surface area contributed by atoms with E-state index in [0.717, 1.165) is 12.1 Å². The molecule has 0 bridgehead atoms. The van der Waals surface area contributed by atoms with Gasteiger partial charge in [0, 0.05) is 11.6 Å². The number of halogens is 2. The van der Waals surface area contributed by atoms with Crippen molar-refractivity contribution in [2.45, 2.75) is 6.92 Å². The molecule has 0 aliphatic carbocycles. The second-order valence-corrected chi connectivity index (χ2v) is 2.79. The summed E-state index contributed by atoms with van der Waals surface area (Å²) in [6.07, 6.45) is 0.